The first-order chi connectivity index (χ1) is 8.34. The smallest absolute Gasteiger partial charge is 0.401 e. The van der Waals surface area contributed by atoms with E-state index in [1.54, 1.807) is 0 Å². The quantitative estimate of drug-likeness (QED) is 0.556. The Bertz CT molecular complexity index is 282. The van der Waals surface area contributed by atoms with E-state index in [0.29, 0.717) is 26.3 Å². The van der Waals surface area contributed by atoms with E-state index in [9.17, 15) is 22.4 Å². The van der Waals surface area contributed by atoms with E-state index in [0.717, 1.165) is 0 Å². The third-order valence-electron chi connectivity index (χ3n) is 2.47. The van der Waals surface area contributed by atoms with Crippen LogP contribution in [0.25, 0.3) is 0 Å². The maximum Gasteiger partial charge on any atom is 0.401 e. The van der Waals surface area contributed by atoms with Crippen molar-refractivity contribution in [3.63, 3.8) is 0 Å². The first-order valence-corrected chi connectivity index (χ1v) is 5.51. The van der Waals surface area contributed by atoms with Crippen LogP contribution >= 0.6 is 0 Å². The SMILES string of the molecule is CC(CN1CCOCC1)OC(=O)C(F)(F)C(F)F. The molecular weight excluding hydrogens is 258 g/mol. The minimum absolute atomic E-state index is 0.217. The molecule has 0 aromatic heterocycles. The molecule has 1 fully saturated rings. The number of nitrogens with zero attached hydrogens (tertiary/aromatic N) is 1. The van der Waals surface area contributed by atoms with Crippen molar-refractivity contribution in [2.45, 2.75) is 25.4 Å². The second kappa shape index (κ2) is 6.33. The van der Waals surface area contributed by atoms with Crippen LogP contribution in [0.15, 0.2) is 0 Å². The molecular formula is C10H15F4NO3. The summed E-state index contributed by atoms with van der Waals surface area (Å²) in [7, 11) is 0. The van der Waals surface area contributed by atoms with Gasteiger partial charge in [0, 0.05) is 19.6 Å². The third kappa shape index (κ3) is 4.09. The number of rotatable bonds is 5. The van der Waals surface area contributed by atoms with Gasteiger partial charge in [0.2, 0.25) is 0 Å². The molecule has 1 unspecified atom stereocenters. The molecule has 0 aromatic carbocycles. The Morgan fingerprint density at radius 1 is 1.39 bits per heavy atom. The Morgan fingerprint density at radius 2 is 1.94 bits per heavy atom. The van der Waals surface area contributed by atoms with Crippen molar-refractivity contribution in [1.82, 2.24) is 4.90 Å². The molecule has 18 heavy (non-hydrogen) atoms. The molecule has 0 saturated carbocycles. The zero-order chi connectivity index (χ0) is 13.8. The Hall–Kier alpha value is -0.890. The number of morpholine rings is 1. The fraction of sp³-hybridized carbons (Fsp3) is 0.900. The van der Waals surface area contributed by atoms with Gasteiger partial charge in [-0.05, 0) is 6.92 Å². The number of ether oxygens (including phenoxy) is 2. The minimum Gasteiger partial charge on any atom is -0.457 e. The van der Waals surface area contributed by atoms with Crippen LogP contribution in [0.4, 0.5) is 17.6 Å². The second-order valence-corrected chi connectivity index (χ2v) is 4.05. The number of carbonyl (C=O) groups excluding carboxylic acids is 1. The van der Waals surface area contributed by atoms with E-state index in [-0.39, 0.29) is 6.54 Å². The summed E-state index contributed by atoms with van der Waals surface area (Å²) >= 11 is 0. The minimum atomic E-state index is -4.75. The summed E-state index contributed by atoms with van der Waals surface area (Å²) in [6.07, 6.45) is -4.93. The average Bonchev–Trinajstić information content (AvgIpc) is 2.29. The summed E-state index contributed by atoms with van der Waals surface area (Å²) < 4.78 is 58.4. The van der Waals surface area contributed by atoms with Crippen LogP contribution in [0, 0.1) is 0 Å². The van der Waals surface area contributed by atoms with Crippen molar-refractivity contribution in [2.24, 2.45) is 0 Å². The number of hydrogen-bond acceptors (Lipinski definition) is 4. The molecule has 4 nitrogen and oxygen atoms in total. The van der Waals surface area contributed by atoms with Crippen LogP contribution < -0.4 is 0 Å². The van der Waals surface area contributed by atoms with Crippen LogP contribution in [0.3, 0.4) is 0 Å². The highest BCUT2D eigenvalue weighted by atomic mass is 19.3. The molecule has 8 heteroatoms. The summed E-state index contributed by atoms with van der Waals surface area (Å²) in [5.41, 5.74) is 0. The van der Waals surface area contributed by atoms with Gasteiger partial charge in [-0.3, -0.25) is 4.90 Å². The summed E-state index contributed by atoms with van der Waals surface area (Å²) in [5, 5.41) is 0. The molecule has 106 valence electrons. The van der Waals surface area contributed by atoms with E-state index < -0.39 is 24.4 Å². The molecule has 1 heterocycles. The zero-order valence-corrected chi connectivity index (χ0v) is 9.87. The lowest BCUT2D eigenvalue weighted by Gasteiger charge is -2.29. The molecule has 0 N–H and O–H groups in total. The van der Waals surface area contributed by atoms with Gasteiger partial charge >= 0.3 is 18.3 Å². The standard InChI is InChI=1S/C10H15F4NO3/c1-7(6-15-2-4-17-5-3-15)18-9(16)10(13,14)8(11)12/h7-8H,2-6H2,1H3. The Labute approximate surface area is 102 Å². The molecule has 0 spiro atoms. The van der Waals surface area contributed by atoms with E-state index >= 15 is 0 Å². The second-order valence-electron chi connectivity index (χ2n) is 4.05. The monoisotopic (exact) mass is 273 g/mol. The lowest BCUT2D eigenvalue weighted by atomic mass is 10.3. The number of alkyl halides is 4. The highest BCUT2D eigenvalue weighted by Gasteiger charge is 2.51. The summed E-state index contributed by atoms with van der Waals surface area (Å²) in [6, 6.07) is 0. The van der Waals surface area contributed by atoms with Gasteiger partial charge in [0.05, 0.1) is 13.2 Å². The van der Waals surface area contributed by atoms with Crippen molar-refractivity contribution >= 4 is 5.97 Å². The Morgan fingerprint density at radius 3 is 2.44 bits per heavy atom. The van der Waals surface area contributed by atoms with Crippen molar-refractivity contribution < 1.29 is 31.8 Å². The molecule has 1 atom stereocenters. The highest BCUT2D eigenvalue weighted by Crippen LogP contribution is 2.24. The molecule has 1 aliphatic heterocycles. The largest absolute Gasteiger partial charge is 0.457 e. The fourth-order valence-electron chi connectivity index (χ4n) is 1.53. The molecule has 1 saturated heterocycles. The van der Waals surface area contributed by atoms with Crippen LogP contribution in [-0.2, 0) is 14.3 Å². The van der Waals surface area contributed by atoms with Gasteiger partial charge in [-0.25, -0.2) is 13.6 Å². The molecule has 1 rings (SSSR count). The maximum absolute atomic E-state index is 12.6. The lowest BCUT2D eigenvalue weighted by Crippen LogP contribution is -2.44. The van der Waals surface area contributed by atoms with Gasteiger partial charge in [-0.2, -0.15) is 8.78 Å². The van der Waals surface area contributed by atoms with Crippen molar-refractivity contribution in [3.8, 4) is 0 Å². The van der Waals surface area contributed by atoms with E-state index in [4.69, 9.17) is 4.74 Å². The normalized spacial score (nSPS) is 19.9. The summed E-state index contributed by atoms with van der Waals surface area (Å²) in [5.74, 6) is -6.93. The fourth-order valence-corrected chi connectivity index (χ4v) is 1.53. The topological polar surface area (TPSA) is 38.8 Å². The predicted molar refractivity (Wildman–Crippen MR) is 53.8 cm³/mol. The van der Waals surface area contributed by atoms with Crippen LogP contribution in [0.2, 0.25) is 0 Å². The first-order valence-electron chi connectivity index (χ1n) is 5.51. The van der Waals surface area contributed by atoms with Crippen LogP contribution in [-0.4, -0.2) is 62.2 Å². The molecule has 0 radical (unpaired) electrons. The number of hydrogen-bond donors (Lipinski definition) is 0. The Kier molecular flexibility index (Phi) is 5.33. The number of halogens is 4. The van der Waals surface area contributed by atoms with Gasteiger partial charge in [0.1, 0.15) is 6.10 Å². The van der Waals surface area contributed by atoms with Gasteiger partial charge in [0.15, 0.2) is 0 Å². The molecule has 0 aliphatic carbocycles. The van der Waals surface area contributed by atoms with Crippen LogP contribution in [0.1, 0.15) is 6.92 Å². The van der Waals surface area contributed by atoms with Crippen molar-refractivity contribution in [2.75, 3.05) is 32.8 Å². The average molecular weight is 273 g/mol. The third-order valence-corrected chi connectivity index (χ3v) is 2.47. The van der Waals surface area contributed by atoms with Gasteiger partial charge in [-0.1, -0.05) is 0 Å². The summed E-state index contributed by atoms with van der Waals surface area (Å²) in [6.45, 7) is 3.80. The van der Waals surface area contributed by atoms with Gasteiger partial charge in [0.25, 0.3) is 0 Å². The number of esters is 1. The summed E-state index contributed by atoms with van der Waals surface area (Å²) in [4.78, 5) is 12.7. The molecule has 0 bridgehead atoms. The zero-order valence-electron chi connectivity index (χ0n) is 9.87. The first kappa shape index (κ1) is 15.2. The predicted octanol–water partition coefficient (Wildman–Crippen LogP) is 1.15. The lowest BCUT2D eigenvalue weighted by molar-refractivity contribution is -0.199. The number of carbonyl (C=O) groups is 1. The Balaban J connectivity index is 2.39. The maximum atomic E-state index is 12.6. The highest BCUT2D eigenvalue weighted by molar-refractivity contribution is 5.78. The van der Waals surface area contributed by atoms with Crippen molar-refractivity contribution in [1.29, 1.82) is 0 Å². The van der Waals surface area contributed by atoms with Gasteiger partial charge in [-0.15, -0.1) is 0 Å². The van der Waals surface area contributed by atoms with Crippen LogP contribution in [0.5, 0.6) is 0 Å². The molecule has 0 amide bonds. The van der Waals surface area contributed by atoms with E-state index in [2.05, 4.69) is 4.74 Å². The van der Waals surface area contributed by atoms with E-state index in [1.807, 2.05) is 4.90 Å². The van der Waals surface area contributed by atoms with Gasteiger partial charge < -0.3 is 9.47 Å². The van der Waals surface area contributed by atoms with Crippen molar-refractivity contribution in [3.05, 3.63) is 0 Å². The molecule has 0 aromatic rings. The van der Waals surface area contributed by atoms with E-state index in [1.165, 1.54) is 6.92 Å². The molecule has 1 aliphatic rings.